The van der Waals surface area contributed by atoms with Crippen LogP contribution >= 0.6 is 0 Å². The van der Waals surface area contributed by atoms with E-state index in [1.807, 2.05) is 19.9 Å². The molecule has 0 bridgehead atoms. The van der Waals surface area contributed by atoms with E-state index in [2.05, 4.69) is 18.4 Å². The Morgan fingerprint density at radius 3 is 2.44 bits per heavy atom. The van der Waals surface area contributed by atoms with Crippen LogP contribution in [0.1, 0.15) is 80.5 Å². The number of likely N-dealkylation sites (tertiary alicyclic amines) is 1. The van der Waals surface area contributed by atoms with E-state index in [-0.39, 0.29) is 30.6 Å². The number of carbonyl (C=O) groups excluding carboxylic acids is 3. The van der Waals surface area contributed by atoms with E-state index in [0.717, 1.165) is 56.5 Å². The minimum Gasteiger partial charge on any atom is -0.348 e. The fraction of sp³-hybridized carbons (Fsp3) is 0.682. The molecular weight excluding hydrogens is 340 g/mol. The summed E-state index contributed by atoms with van der Waals surface area (Å²) in [6, 6.07) is 1.90. The highest BCUT2D eigenvalue weighted by Gasteiger charge is 2.51. The Morgan fingerprint density at radius 1 is 1.15 bits per heavy atom. The summed E-state index contributed by atoms with van der Waals surface area (Å²) in [5.74, 6) is 0.170. The maximum Gasteiger partial charge on any atom is 0.236 e. The van der Waals surface area contributed by atoms with Crippen LogP contribution in [0.2, 0.25) is 0 Å². The van der Waals surface area contributed by atoms with Crippen molar-refractivity contribution in [3.05, 3.63) is 23.0 Å². The van der Waals surface area contributed by atoms with Crippen molar-refractivity contribution in [1.82, 2.24) is 9.47 Å². The summed E-state index contributed by atoms with van der Waals surface area (Å²) in [4.78, 5) is 39.6. The van der Waals surface area contributed by atoms with Gasteiger partial charge in [-0.15, -0.1) is 0 Å². The topological polar surface area (TPSA) is 59.4 Å². The van der Waals surface area contributed by atoms with E-state index in [1.165, 1.54) is 4.90 Å². The van der Waals surface area contributed by atoms with Gasteiger partial charge in [0.2, 0.25) is 11.8 Å². The van der Waals surface area contributed by atoms with Crippen LogP contribution in [-0.2, 0) is 16.1 Å². The molecule has 2 heterocycles. The minimum atomic E-state index is -0.524. The lowest BCUT2D eigenvalue weighted by Crippen LogP contribution is -2.39. The molecule has 27 heavy (non-hydrogen) atoms. The normalized spacial score (nSPS) is 19.5. The smallest absolute Gasteiger partial charge is 0.236 e. The van der Waals surface area contributed by atoms with Crippen LogP contribution in [-0.4, -0.2) is 33.6 Å². The molecule has 0 N–H and O–H groups in total. The molecule has 148 valence electrons. The highest BCUT2D eigenvalue weighted by Crippen LogP contribution is 2.45. The third kappa shape index (κ3) is 3.74. The van der Waals surface area contributed by atoms with Crippen molar-refractivity contribution in [3.63, 3.8) is 0 Å². The second kappa shape index (κ2) is 7.61. The van der Waals surface area contributed by atoms with Crippen molar-refractivity contribution < 1.29 is 14.4 Å². The van der Waals surface area contributed by atoms with Crippen LogP contribution in [0.5, 0.6) is 0 Å². The number of ketones is 1. The van der Waals surface area contributed by atoms with Gasteiger partial charge in [0.05, 0.1) is 12.0 Å². The number of carbonyl (C=O) groups is 3. The van der Waals surface area contributed by atoms with Gasteiger partial charge in [0.15, 0.2) is 5.78 Å². The van der Waals surface area contributed by atoms with Crippen LogP contribution in [0.3, 0.4) is 0 Å². The molecule has 5 nitrogen and oxygen atoms in total. The third-order valence-electron chi connectivity index (χ3n) is 6.41. The van der Waals surface area contributed by atoms with Crippen molar-refractivity contribution in [3.8, 4) is 0 Å². The first-order chi connectivity index (χ1) is 12.7. The second-order valence-electron chi connectivity index (χ2n) is 8.84. The Bertz CT molecular complexity index is 754. The Kier molecular flexibility index (Phi) is 5.59. The molecule has 1 aliphatic heterocycles. The van der Waals surface area contributed by atoms with E-state index >= 15 is 0 Å². The molecule has 1 aliphatic carbocycles. The molecule has 1 aromatic rings. The number of amides is 2. The van der Waals surface area contributed by atoms with Crippen molar-refractivity contribution in [1.29, 1.82) is 0 Å². The summed E-state index contributed by atoms with van der Waals surface area (Å²) in [5, 5.41) is 0. The molecule has 1 saturated heterocycles. The van der Waals surface area contributed by atoms with Gasteiger partial charge in [-0.2, -0.15) is 0 Å². The van der Waals surface area contributed by atoms with E-state index < -0.39 is 5.41 Å². The van der Waals surface area contributed by atoms with Crippen molar-refractivity contribution >= 4 is 17.6 Å². The lowest BCUT2D eigenvalue weighted by Gasteiger charge is -2.30. The molecule has 5 heteroatoms. The summed E-state index contributed by atoms with van der Waals surface area (Å²) in [7, 11) is 0. The van der Waals surface area contributed by atoms with Crippen LogP contribution in [0.25, 0.3) is 0 Å². The molecule has 2 fully saturated rings. The molecule has 0 radical (unpaired) electrons. The van der Waals surface area contributed by atoms with E-state index in [1.54, 1.807) is 0 Å². The van der Waals surface area contributed by atoms with Gasteiger partial charge in [-0.3, -0.25) is 19.3 Å². The Morgan fingerprint density at radius 2 is 1.81 bits per heavy atom. The van der Waals surface area contributed by atoms with Crippen LogP contribution in [0.4, 0.5) is 0 Å². The lowest BCUT2D eigenvalue weighted by atomic mass is 9.73. The summed E-state index contributed by atoms with van der Waals surface area (Å²) in [6.07, 6.45) is 6.03. The summed E-state index contributed by atoms with van der Waals surface area (Å²) < 4.78 is 2.17. The zero-order valence-electron chi connectivity index (χ0n) is 17.1. The average Bonchev–Trinajstić information content (AvgIpc) is 3.02. The largest absolute Gasteiger partial charge is 0.348 e. The van der Waals surface area contributed by atoms with E-state index in [4.69, 9.17) is 0 Å². The Labute approximate surface area is 162 Å². The molecule has 2 aliphatic rings. The van der Waals surface area contributed by atoms with Gasteiger partial charge < -0.3 is 4.57 Å². The zero-order valence-corrected chi connectivity index (χ0v) is 17.1. The number of rotatable bonds is 6. The van der Waals surface area contributed by atoms with Crippen molar-refractivity contribution in [2.75, 3.05) is 6.54 Å². The molecule has 2 amide bonds. The molecule has 1 saturated carbocycles. The van der Waals surface area contributed by atoms with Crippen LogP contribution < -0.4 is 0 Å². The quantitative estimate of drug-likeness (QED) is 0.559. The lowest BCUT2D eigenvalue weighted by molar-refractivity contribution is -0.141. The van der Waals surface area contributed by atoms with Crippen molar-refractivity contribution in [2.24, 2.45) is 11.3 Å². The van der Waals surface area contributed by atoms with Gasteiger partial charge in [-0.05, 0) is 45.1 Å². The van der Waals surface area contributed by atoms with E-state index in [9.17, 15) is 14.4 Å². The van der Waals surface area contributed by atoms with E-state index in [0.29, 0.717) is 11.5 Å². The third-order valence-corrected chi connectivity index (χ3v) is 6.41. The Hall–Kier alpha value is -1.91. The van der Waals surface area contributed by atoms with Crippen LogP contribution in [0, 0.1) is 25.2 Å². The minimum absolute atomic E-state index is 0.117. The van der Waals surface area contributed by atoms with Crippen molar-refractivity contribution in [2.45, 2.75) is 79.2 Å². The second-order valence-corrected chi connectivity index (χ2v) is 8.84. The molecular formula is C22H32N2O3. The fourth-order valence-corrected chi connectivity index (χ4v) is 4.68. The van der Waals surface area contributed by atoms with Gasteiger partial charge in [0.1, 0.15) is 0 Å². The molecule has 0 unspecified atom stereocenters. The SMILES string of the molecule is Cc1cc(C(=O)CN2C(=O)CC3(CCCCC3)C2=O)c(C)n1CCC(C)C. The standard InChI is InChI=1S/C22H32N2O3/c1-15(2)8-11-23-16(3)12-18(17(23)4)19(25)14-24-20(26)13-22(21(24)27)9-6-5-7-10-22/h12,15H,5-11,13-14H2,1-4H3. The first-order valence-electron chi connectivity index (χ1n) is 10.3. The van der Waals surface area contributed by atoms with Gasteiger partial charge in [0, 0.05) is 29.9 Å². The highest BCUT2D eigenvalue weighted by atomic mass is 16.2. The highest BCUT2D eigenvalue weighted by molar-refractivity contribution is 6.10. The molecule has 0 atom stereocenters. The first-order valence-corrected chi connectivity index (χ1v) is 10.3. The number of aryl methyl sites for hydroxylation is 1. The fourth-order valence-electron chi connectivity index (χ4n) is 4.68. The number of hydrogen-bond donors (Lipinski definition) is 0. The monoisotopic (exact) mass is 372 g/mol. The summed E-state index contributed by atoms with van der Waals surface area (Å²) >= 11 is 0. The van der Waals surface area contributed by atoms with Gasteiger partial charge in [-0.1, -0.05) is 33.1 Å². The summed E-state index contributed by atoms with van der Waals surface area (Å²) in [6.45, 7) is 9.10. The van der Waals surface area contributed by atoms with Gasteiger partial charge in [-0.25, -0.2) is 0 Å². The maximum absolute atomic E-state index is 12.9. The number of nitrogens with zero attached hydrogens (tertiary/aromatic N) is 2. The maximum atomic E-state index is 12.9. The Balaban J connectivity index is 1.75. The molecule has 1 spiro atoms. The molecule has 1 aromatic heterocycles. The number of hydrogen-bond acceptors (Lipinski definition) is 3. The summed E-state index contributed by atoms with van der Waals surface area (Å²) in [5.41, 5.74) is 2.11. The number of imide groups is 1. The zero-order chi connectivity index (χ0) is 19.8. The van der Waals surface area contributed by atoms with Gasteiger partial charge in [0.25, 0.3) is 0 Å². The molecule has 3 rings (SSSR count). The predicted octanol–water partition coefficient (Wildman–Crippen LogP) is 4.04. The average molecular weight is 373 g/mol. The van der Waals surface area contributed by atoms with Gasteiger partial charge >= 0.3 is 0 Å². The van der Waals surface area contributed by atoms with Crippen LogP contribution in [0.15, 0.2) is 6.07 Å². The molecule has 0 aromatic carbocycles. The number of Topliss-reactive ketones (excluding diaryl/α,β-unsaturated/α-hetero) is 1. The first kappa shape index (κ1) is 19.8. The predicted molar refractivity (Wildman–Crippen MR) is 105 cm³/mol. The number of aromatic nitrogens is 1.